The number of aryl methyl sites for hydroxylation is 1. The molecule has 1 aromatic carbocycles. The summed E-state index contributed by atoms with van der Waals surface area (Å²) in [5, 5.41) is 0. The lowest BCUT2D eigenvalue weighted by Gasteiger charge is -2.43. The summed E-state index contributed by atoms with van der Waals surface area (Å²) in [6.07, 6.45) is 6.04. The summed E-state index contributed by atoms with van der Waals surface area (Å²) in [7, 11) is 0. The average Bonchev–Trinajstić information content (AvgIpc) is 2.67. The van der Waals surface area contributed by atoms with Gasteiger partial charge in [0, 0.05) is 18.6 Å². The number of nitrogens with two attached hydrogens (primary N) is 1. The second-order valence-electron chi connectivity index (χ2n) is 5.83. The van der Waals surface area contributed by atoms with Crippen LogP contribution in [0.5, 0.6) is 0 Å². The van der Waals surface area contributed by atoms with E-state index in [0.717, 1.165) is 19.5 Å². The van der Waals surface area contributed by atoms with Crippen LogP contribution < -0.4 is 5.73 Å². The topological polar surface area (TPSA) is 29.3 Å². The van der Waals surface area contributed by atoms with Crippen molar-refractivity contribution in [2.75, 3.05) is 13.1 Å². The molecule has 1 aliphatic rings. The minimum absolute atomic E-state index is 0.201. The van der Waals surface area contributed by atoms with Crippen LogP contribution in [-0.4, -0.2) is 23.5 Å². The van der Waals surface area contributed by atoms with Gasteiger partial charge in [-0.15, -0.1) is 0 Å². The molecule has 0 amide bonds. The van der Waals surface area contributed by atoms with Crippen molar-refractivity contribution in [1.29, 1.82) is 0 Å². The summed E-state index contributed by atoms with van der Waals surface area (Å²) in [5.41, 5.74) is 9.40. The number of nitrogens with zero attached hydrogens (tertiary/aromatic N) is 1. The molecule has 2 rings (SSSR count). The Balaban J connectivity index is 2.25. The lowest BCUT2D eigenvalue weighted by Crippen LogP contribution is -2.53. The first-order valence-corrected chi connectivity index (χ1v) is 7.77. The van der Waals surface area contributed by atoms with E-state index in [4.69, 9.17) is 5.73 Å². The minimum atomic E-state index is 0.201. The van der Waals surface area contributed by atoms with Crippen molar-refractivity contribution in [2.45, 2.75) is 58.0 Å². The smallest absolute Gasteiger partial charge is 0.0332 e. The van der Waals surface area contributed by atoms with Gasteiger partial charge in [-0.3, -0.25) is 4.90 Å². The third-order valence-electron chi connectivity index (χ3n) is 4.78. The zero-order valence-electron chi connectivity index (χ0n) is 12.5. The Hall–Kier alpha value is -0.860. The first-order chi connectivity index (χ1) is 9.25. The Morgan fingerprint density at radius 3 is 2.58 bits per heavy atom. The number of hydrogen-bond acceptors (Lipinski definition) is 2. The van der Waals surface area contributed by atoms with Crippen LogP contribution in [-0.2, 0) is 13.0 Å². The standard InChI is InChI=1S/C17H28N2/c1-3-11-17(4-2,14-18)19-12-7-10-15-8-5-6-9-16(15)13-19/h5-6,8-9H,3-4,7,10-14,18H2,1-2H3. The van der Waals surface area contributed by atoms with Crippen molar-refractivity contribution < 1.29 is 0 Å². The van der Waals surface area contributed by atoms with Crippen LogP contribution in [0, 0.1) is 0 Å². The van der Waals surface area contributed by atoms with E-state index in [0.29, 0.717) is 0 Å². The highest BCUT2D eigenvalue weighted by molar-refractivity contribution is 5.28. The molecule has 1 aromatic rings. The lowest BCUT2D eigenvalue weighted by molar-refractivity contribution is 0.0730. The molecule has 0 saturated heterocycles. The Labute approximate surface area is 118 Å². The Morgan fingerprint density at radius 2 is 1.95 bits per heavy atom. The number of hydrogen-bond donors (Lipinski definition) is 1. The largest absolute Gasteiger partial charge is 0.329 e. The maximum absolute atomic E-state index is 6.16. The van der Waals surface area contributed by atoms with Crippen molar-refractivity contribution in [2.24, 2.45) is 5.73 Å². The molecule has 0 radical (unpaired) electrons. The highest BCUT2D eigenvalue weighted by Crippen LogP contribution is 2.30. The summed E-state index contributed by atoms with van der Waals surface area (Å²) in [6, 6.07) is 8.90. The van der Waals surface area contributed by atoms with E-state index >= 15 is 0 Å². The van der Waals surface area contributed by atoms with Crippen molar-refractivity contribution in [3.05, 3.63) is 35.4 Å². The molecule has 0 spiro atoms. The Bertz CT molecular complexity index is 396. The van der Waals surface area contributed by atoms with Gasteiger partial charge in [-0.25, -0.2) is 0 Å². The van der Waals surface area contributed by atoms with Crippen molar-refractivity contribution >= 4 is 0 Å². The van der Waals surface area contributed by atoms with Gasteiger partial charge in [-0.2, -0.15) is 0 Å². The Morgan fingerprint density at radius 1 is 1.21 bits per heavy atom. The average molecular weight is 260 g/mol. The van der Waals surface area contributed by atoms with Crippen LogP contribution in [0.1, 0.15) is 50.7 Å². The van der Waals surface area contributed by atoms with Gasteiger partial charge in [0.05, 0.1) is 0 Å². The SMILES string of the molecule is CCCC(CC)(CN)N1CCCc2ccccc2C1. The first kappa shape index (κ1) is 14.5. The van der Waals surface area contributed by atoms with Gasteiger partial charge in [0.2, 0.25) is 0 Å². The summed E-state index contributed by atoms with van der Waals surface area (Å²) in [5.74, 6) is 0. The third-order valence-corrected chi connectivity index (χ3v) is 4.78. The normalized spacial score (nSPS) is 19.5. The Kier molecular flexibility index (Phi) is 5.00. The summed E-state index contributed by atoms with van der Waals surface area (Å²) >= 11 is 0. The molecule has 1 unspecified atom stereocenters. The molecule has 2 nitrogen and oxygen atoms in total. The van der Waals surface area contributed by atoms with Gasteiger partial charge >= 0.3 is 0 Å². The fourth-order valence-electron chi connectivity index (χ4n) is 3.50. The van der Waals surface area contributed by atoms with Crippen molar-refractivity contribution in [3.8, 4) is 0 Å². The first-order valence-electron chi connectivity index (χ1n) is 7.77. The van der Waals surface area contributed by atoms with E-state index in [1.807, 2.05) is 0 Å². The summed E-state index contributed by atoms with van der Waals surface area (Å²) in [6.45, 7) is 7.59. The molecule has 0 aromatic heterocycles. The molecule has 0 saturated carbocycles. The highest BCUT2D eigenvalue weighted by Gasteiger charge is 2.33. The zero-order chi connectivity index (χ0) is 13.7. The predicted octanol–water partition coefficient (Wildman–Crippen LogP) is 3.34. The molecule has 0 fully saturated rings. The van der Waals surface area contributed by atoms with Crippen LogP contribution >= 0.6 is 0 Å². The van der Waals surface area contributed by atoms with Gasteiger partial charge in [0.15, 0.2) is 0 Å². The maximum atomic E-state index is 6.16. The molecule has 19 heavy (non-hydrogen) atoms. The van der Waals surface area contributed by atoms with Crippen molar-refractivity contribution in [1.82, 2.24) is 4.90 Å². The van der Waals surface area contributed by atoms with Crippen LogP contribution in [0.25, 0.3) is 0 Å². The van der Waals surface area contributed by atoms with Crippen LogP contribution in [0.15, 0.2) is 24.3 Å². The highest BCUT2D eigenvalue weighted by atomic mass is 15.2. The monoisotopic (exact) mass is 260 g/mol. The molecule has 106 valence electrons. The second kappa shape index (κ2) is 6.53. The molecular formula is C17H28N2. The quantitative estimate of drug-likeness (QED) is 0.880. The molecule has 0 aliphatic carbocycles. The minimum Gasteiger partial charge on any atom is -0.329 e. The fourth-order valence-corrected chi connectivity index (χ4v) is 3.50. The van der Waals surface area contributed by atoms with Gasteiger partial charge in [0.25, 0.3) is 0 Å². The summed E-state index contributed by atoms with van der Waals surface area (Å²) in [4.78, 5) is 2.66. The van der Waals surface area contributed by atoms with E-state index in [9.17, 15) is 0 Å². The lowest BCUT2D eigenvalue weighted by atomic mass is 9.88. The van der Waals surface area contributed by atoms with Gasteiger partial charge < -0.3 is 5.73 Å². The molecule has 1 aliphatic heterocycles. The molecule has 0 bridgehead atoms. The molecular weight excluding hydrogens is 232 g/mol. The van der Waals surface area contributed by atoms with E-state index in [1.54, 1.807) is 0 Å². The van der Waals surface area contributed by atoms with E-state index < -0.39 is 0 Å². The van der Waals surface area contributed by atoms with Gasteiger partial charge in [0.1, 0.15) is 0 Å². The predicted molar refractivity (Wildman–Crippen MR) is 82.2 cm³/mol. The van der Waals surface area contributed by atoms with Gasteiger partial charge in [-0.05, 0) is 43.4 Å². The number of rotatable bonds is 5. The molecule has 2 N–H and O–H groups in total. The fraction of sp³-hybridized carbons (Fsp3) is 0.647. The van der Waals surface area contributed by atoms with Crippen LogP contribution in [0.2, 0.25) is 0 Å². The third kappa shape index (κ3) is 3.01. The maximum Gasteiger partial charge on any atom is 0.0332 e. The molecule has 1 atom stereocenters. The second-order valence-corrected chi connectivity index (χ2v) is 5.83. The molecule has 1 heterocycles. The van der Waals surface area contributed by atoms with E-state index in [2.05, 4.69) is 43.0 Å². The van der Waals surface area contributed by atoms with Crippen molar-refractivity contribution in [3.63, 3.8) is 0 Å². The van der Waals surface area contributed by atoms with E-state index in [-0.39, 0.29) is 5.54 Å². The van der Waals surface area contributed by atoms with E-state index in [1.165, 1.54) is 43.4 Å². The number of fused-ring (bicyclic) bond motifs is 1. The van der Waals surface area contributed by atoms with Crippen LogP contribution in [0.4, 0.5) is 0 Å². The van der Waals surface area contributed by atoms with Crippen LogP contribution in [0.3, 0.4) is 0 Å². The molecule has 2 heteroatoms. The number of benzene rings is 1. The zero-order valence-corrected chi connectivity index (χ0v) is 12.5. The summed E-state index contributed by atoms with van der Waals surface area (Å²) < 4.78 is 0. The van der Waals surface area contributed by atoms with Gasteiger partial charge in [-0.1, -0.05) is 44.5 Å².